The van der Waals surface area contributed by atoms with Crippen molar-refractivity contribution in [1.82, 2.24) is 14.7 Å². The summed E-state index contributed by atoms with van der Waals surface area (Å²) in [6.07, 6.45) is 4.76. The summed E-state index contributed by atoms with van der Waals surface area (Å²) in [6, 6.07) is 0.176. The molecule has 1 aromatic rings. The highest BCUT2D eigenvalue weighted by molar-refractivity contribution is 5.88. The van der Waals surface area contributed by atoms with Crippen molar-refractivity contribution in [3.8, 4) is 0 Å². The Bertz CT molecular complexity index is 586. The van der Waals surface area contributed by atoms with E-state index in [0.29, 0.717) is 24.0 Å². The number of carboxylic acid groups (broad SMARTS) is 1. The fourth-order valence-corrected chi connectivity index (χ4v) is 3.68. The van der Waals surface area contributed by atoms with Crippen LogP contribution in [0.1, 0.15) is 68.5 Å². The van der Waals surface area contributed by atoms with Crippen molar-refractivity contribution in [3.63, 3.8) is 0 Å². The molecule has 6 nitrogen and oxygen atoms in total. The third kappa shape index (κ3) is 4.36. The summed E-state index contributed by atoms with van der Waals surface area (Å²) in [5.74, 6) is 0.335. The first-order valence-electron chi connectivity index (χ1n) is 8.84. The van der Waals surface area contributed by atoms with E-state index in [2.05, 4.69) is 25.9 Å². The molecule has 1 aromatic heterocycles. The van der Waals surface area contributed by atoms with Crippen LogP contribution in [0.15, 0.2) is 6.20 Å². The quantitative estimate of drug-likeness (QED) is 0.866. The summed E-state index contributed by atoms with van der Waals surface area (Å²) in [7, 11) is 0. The van der Waals surface area contributed by atoms with E-state index in [0.717, 1.165) is 32.4 Å². The van der Waals surface area contributed by atoms with Crippen LogP contribution >= 0.6 is 0 Å². The van der Waals surface area contributed by atoms with Crippen molar-refractivity contribution < 1.29 is 14.7 Å². The van der Waals surface area contributed by atoms with Crippen LogP contribution in [0, 0.1) is 18.8 Å². The number of carbonyl (C=O) groups is 2. The van der Waals surface area contributed by atoms with E-state index in [1.165, 1.54) is 6.20 Å². The summed E-state index contributed by atoms with van der Waals surface area (Å²) in [5.41, 5.74) is 0.953. The molecular weight excluding hydrogens is 306 g/mol. The van der Waals surface area contributed by atoms with Crippen molar-refractivity contribution >= 4 is 11.9 Å². The normalized spacial score (nSPS) is 17.3. The highest BCUT2D eigenvalue weighted by Gasteiger charge is 2.27. The standard InChI is InChI=1S/C18H29N3O3/c1-12(2)9-13(3)10-17(22)20-7-5-15(6-8-20)21-14(4)16(11-19-21)18(23)24/h11-13,15H,5-10H2,1-4H3,(H,23,24). The zero-order chi connectivity index (χ0) is 17.9. The molecule has 0 aromatic carbocycles. The van der Waals surface area contributed by atoms with Gasteiger partial charge >= 0.3 is 5.97 Å². The van der Waals surface area contributed by atoms with Crippen LogP contribution in [0.25, 0.3) is 0 Å². The lowest BCUT2D eigenvalue weighted by atomic mass is 9.95. The van der Waals surface area contributed by atoms with Crippen LogP contribution in [0.2, 0.25) is 0 Å². The fourth-order valence-electron chi connectivity index (χ4n) is 3.68. The average Bonchev–Trinajstić information content (AvgIpc) is 2.88. The predicted octanol–water partition coefficient (Wildman–Crippen LogP) is 3.13. The second-order valence-corrected chi connectivity index (χ2v) is 7.44. The molecule has 0 radical (unpaired) electrons. The Hall–Kier alpha value is -1.85. The van der Waals surface area contributed by atoms with Crippen molar-refractivity contribution in [2.75, 3.05) is 13.1 Å². The van der Waals surface area contributed by atoms with Crippen LogP contribution in [0.5, 0.6) is 0 Å². The number of hydrogen-bond acceptors (Lipinski definition) is 3. The van der Waals surface area contributed by atoms with Gasteiger partial charge in [0.15, 0.2) is 0 Å². The van der Waals surface area contributed by atoms with E-state index in [-0.39, 0.29) is 17.5 Å². The summed E-state index contributed by atoms with van der Waals surface area (Å²) in [6.45, 7) is 9.75. The van der Waals surface area contributed by atoms with Crippen LogP contribution < -0.4 is 0 Å². The second kappa shape index (κ2) is 7.81. The number of piperidine rings is 1. The van der Waals surface area contributed by atoms with Gasteiger partial charge in [-0.3, -0.25) is 9.48 Å². The molecule has 1 N–H and O–H groups in total. The van der Waals surface area contributed by atoms with Crippen molar-refractivity contribution in [2.45, 2.75) is 59.4 Å². The van der Waals surface area contributed by atoms with Gasteiger partial charge in [0.2, 0.25) is 5.91 Å². The van der Waals surface area contributed by atoms with E-state index in [1.807, 2.05) is 9.58 Å². The van der Waals surface area contributed by atoms with Gasteiger partial charge in [-0.1, -0.05) is 20.8 Å². The number of aromatic nitrogens is 2. The Balaban J connectivity index is 1.89. The topological polar surface area (TPSA) is 75.4 Å². The number of carbonyl (C=O) groups excluding carboxylic acids is 1. The third-order valence-electron chi connectivity index (χ3n) is 4.83. The van der Waals surface area contributed by atoms with E-state index < -0.39 is 5.97 Å². The average molecular weight is 335 g/mol. The van der Waals surface area contributed by atoms with Crippen LogP contribution in [0.4, 0.5) is 0 Å². The number of hydrogen-bond donors (Lipinski definition) is 1. The zero-order valence-corrected chi connectivity index (χ0v) is 15.2. The van der Waals surface area contributed by atoms with Crippen LogP contribution in [0.3, 0.4) is 0 Å². The van der Waals surface area contributed by atoms with E-state index >= 15 is 0 Å². The van der Waals surface area contributed by atoms with Gasteiger partial charge in [0, 0.05) is 19.5 Å². The summed E-state index contributed by atoms with van der Waals surface area (Å²) in [4.78, 5) is 25.5. The molecule has 1 atom stereocenters. The van der Waals surface area contributed by atoms with Gasteiger partial charge in [-0.05, 0) is 38.0 Å². The van der Waals surface area contributed by atoms with Gasteiger partial charge in [-0.25, -0.2) is 4.79 Å². The molecule has 2 heterocycles. The molecule has 1 aliphatic rings. The minimum Gasteiger partial charge on any atom is -0.478 e. The Kier molecular flexibility index (Phi) is 6.02. The molecule has 1 aliphatic heterocycles. The van der Waals surface area contributed by atoms with Crippen LogP contribution in [-0.2, 0) is 4.79 Å². The molecule has 6 heteroatoms. The van der Waals surface area contributed by atoms with E-state index in [4.69, 9.17) is 5.11 Å². The third-order valence-corrected chi connectivity index (χ3v) is 4.83. The summed E-state index contributed by atoms with van der Waals surface area (Å²) < 4.78 is 1.81. The molecule has 1 saturated heterocycles. The summed E-state index contributed by atoms with van der Waals surface area (Å²) in [5, 5.41) is 13.4. The predicted molar refractivity (Wildman–Crippen MR) is 92.0 cm³/mol. The largest absolute Gasteiger partial charge is 0.478 e. The number of amides is 1. The number of rotatable bonds is 6. The molecule has 0 saturated carbocycles. The maximum absolute atomic E-state index is 12.4. The van der Waals surface area contributed by atoms with Gasteiger partial charge < -0.3 is 10.0 Å². The molecular formula is C18H29N3O3. The minimum absolute atomic E-state index is 0.176. The Labute approximate surface area is 143 Å². The molecule has 1 fully saturated rings. The smallest absolute Gasteiger partial charge is 0.339 e. The number of nitrogens with zero attached hydrogens (tertiary/aromatic N) is 3. The summed E-state index contributed by atoms with van der Waals surface area (Å²) >= 11 is 0. The highest BCUT2D eigenvalue weighted by atomic mass is 16.4. The first-order chi connectivity index (χ1) is 11.3. The lowest BCUT2D eigenvalue weighted by Gasteiger charge is -2.33. The molecule has 134 valence electrons. The zero-order valence-electron chi connectivity index (χ0n) is 15.2. The van der Waals surface area contributed by atoms with Gasteiger partial charge in [0.25, 0.3) is 0 Å². The lowest BCUT2D eigenvalue weighted by molar-refractivity contribution is -0.133. The minimum atomic E-state index is -0.939. The molecule has 1 amide bonds. The molecule has 24 heavy (non-hydrogen) atoms. The molecule has 1 unspecified atom stereocenters. The Morgan fingerprint density at radius 3 is 2.42 bits per heavy atom. The molecule has 0 spiro atoms. The first kappa shape index (κ1) is 18.5. The lowest BCUT2D eigenvalue weighted by Crippen LogP contribution is -2.40. The molecule has 2 rings (SSSR count). The Morgan fingerprint density at radius 2 is 1.92 bits per heavy atom. The SMILES string of the molecule is Cc1c(C(=O)O)cnn1C1CCN(C(=O)CC(C)CC(C)C)CC1. The van der Waals surface area contributed by atoms with Gasteiger partial charge in [0.1, 0.15) is 5.56 Å². The number of likely N-dealkylation sites (tertiary alicyclic amines) is 1. The number of aromatic carboxylic acids is 1. The maximum Gasteiger partial charge on any atom is 0.339 e. The maximum atomic E-state index is 12.4. The number of carboxylic acids is 1. The Morgan fingerprint density at radius 1 is 1.29 bits per heavy atom. The van der Waals surface area contributed by atoms with Crippen molar-refractivity contribution in [2.24, 2.45) is 11.8 Å². The van der Waals surface area contributed by atoms with Gasteiger partial charge in [-0.15, -0.1) is 0 Å². The van der Waals surface area contributed by atoms with E-state index in [9.17, 15) is 9.59 Å². The van der Waals surface area contributed by atoms with E-state index in [1.54, 1.807) is 6.92 Å². The first-order valence-corrected chi connectivity index (χ1v) is 8.84. The van der Waals surface area contributed by atoms with Crippen molar-refractivity contribution in [1.29, 1.82) is 0 Å². The van der Waals surface area contributed by atoms with Crippen LogP contribution in [-0.4, -0.2) is 44.8 Å². The van der Waals surface area contributed by atoms with Gasteiger partial charge in [0.05, 0.1) is 17.9 Å². The fraction of sp³-hybridized carbons (Fsp3) is 0.722. The highest BCUT2D eigenvalue weighted by Crippen LogP contribution is 2.26. The monoisotopic (exact) mass is 335 g/mol. The molecule has 0 aliphatic carbocycles. The second-order valence-electron chi connectivity index (χ2n) is 7.44. The van der Waals surface area contributed by atoms with Crippen molar-refractivity contribution in [3.05, 3.63) is 17.5 Å². The van der Waals surface area contributed by atoms with Gasteiger partial charge in [-0.2, -0.15) is 5.10 Å². The molecule has 0 bridgehead atoms.